The fraction of sp³-hybridized carbons (Fsp3) is 0.231. The van der Waals surface area contributed by atoms with Gasteiger partial charge in [-0.15, -0.1) is 12.6 Å². The number of rotatable bonds is 4. The predicted octanol–water partition coefficient (Wildman–Crippen LogP) is 6.30. The van der Waals surface area contributed by atoms with E-state index in [1.165, 1.54) is 6.07 Å². The predicted molar refractivity (Wildman–Crippen MR) is 127 cm³/mol. The van der Waals surface area contributed by atoms with Crippen molar-refractivity contribution in [2.75, 3.05) is 13.1 Å². The van der Waals surface area contributed by atoms with Crippen molar-refractivity contribution in [2.45, 2.75) is 30.6 Å². The van der Waals surface area contributed by atoms with E-state index < -0.39 is 0 Å². The van der Waals surface area contributed by atoms with E-state index in [0.717, 1.165) is 44.3 Å². The molecule has 1 aliphatic heterocycles. The van der Waals surface area contributed by atoms with Crippen LogP contribution in [-0.4, -0.2) is 29.6 Å². The van der Waals surface area contributed by atoms with Crippen molar-refractivity contribution < 1.29 is 9.18 Å². The fourth-order valence-corrected chi connectivity index (χ4v) is 4.01. The summed E-state index contributed by atoms with van der Waals surface area (Å²) in [5.74, 6) is -0.335. The van der Waals surface area contributed by atoms with Crippen molar-refractivity contribution in [3.63, 3.8) is 0 Å². The fourth-order valence-electron chi connectivity index (χ4n) is 3.82. The van der Waals surface area contributed by atoms with Gasteiger partial charge >= 0.3 is 0 Å². The van der Waals surface area contributed by atoms with E-state index in [1.807, 2.05) is 35.3 Å². The average Bonchev–Trinajstić information content (AvgIpc) is 3.09. The number of allylic oxidation sites excluding steroid dienone is 6. The zero-order chi connectivity index (χ0) is 21.6. The summed E-state index contributed by atoms with van der Waals surface area (Å²) in [7, 11) is 0. The molecule has 2 aromatic rings. The van der Waals surface area contributed by atoms with Crippen LogP contribution in [0.15, 0.2) is 88.3 Å². The van der Waals surface area contributed by atoms with Crippen LogP contribution in [0.4, 0.5) is 10.1 Å². The molecular weight excluding hydrogens is 407 g/mol. The molecule has 1 fully saturated rings. The average molecular weight is 433 g/mol. The summed E-state index contributed by atoms with van der Waals surface area (Å²) in [5.41, 5.74) is 2.86. The van der Waals surface area contributed by atoms with Gasteiger partial charge in [0.2, 0.25) is 0 Å². The minimum absolute atomic E-state index is 0.00781. The van der Waals surface area contributed by atoms with Gasteiger partial charge in [0.15, 0.2) is 0 Å². The van der Waals surface area contributed by atoms with Crippen LogP contribution >= 0.6 is 12.6 Å². The van der Waals surface area contributed by atoms with Gasteiger partial charge in [-0.25, -0.2) is 9.38 Å². The van der Waals surface area contributed by atoms with Gasteiger partial charge in [0, 0.05) is 34.7 Å². The number of likely N-dealkylation sites (tertiary alicyclic amines) is 1. The van der Waals surface area contributed by atoms with Crippen LogP contribution in [0.5, 0.6) is 0 Å². The van der Waals surface area contributed by atoms with Crippen molar-refractivity contribution in [1.29, 1.82) is 0 Å². The van der Waals surface area contributed by atoms with Crippen molar-refractivity contribution >= 4 is 29.9 Å². The molecule has 1 aliphatic carbocycles. The first-order valence-electron chi connectivity index (χ1n) is 10.6. The Kier molecular flexibility index (Phi) is 6.82. The molecule has 2 aromatic carbocycles. The molecular formula is C26H25FN2OS. The Labute approximate surface area is 188 Å². The van der Waals surface area contributed by atoms with E-state index >= 15 is 0 Å². The molecule has 1 amide bonds. The number of nitrogens with zero attached hydrogens (tertiary/aromatic N) is 2. The van der Waals surface area contributed by atoms with E-state index in [1.54, 1.807) is 36.4 Å². The molecule has 31 heavy (non-hydrogen) atoms. The number of aliphatic imine (C=N–C) groups is 1. The van der Waals surface area contributed by atoms with Gasteiger partial charge in [0.1, 0.15) is 5.82 Å². The Morgan fingerprint density at radius 3 is 2.65 bits per heavy atom. The Hall–Kier alpha value is -2.92. The topological polar surface area (TPSA) is 32.7 Å². The Balaban J connectivity index is 1.78. The highest BCUT2D eigenvalue weighted by Crippen LogP contribution is 2.29. The number of benzene rings is 2. The minimum Gasteiger partial charge on any atom is -0.339 e. The molecule has 1 saturated heterocycles. The summed E-state index contributed by atoms with van der Waals surface area (Å²) in [6.45, 7) is 1.56. The molecule has 0 atom stereocenters. The molecule has 0 aromatic heterocycles. The maximum atomic E-state index is 14.7. The van der Waals surface area contributed by atoms with Crippen LogP contribution in [0.3, 0.4) is 0 Å². The molecule has 0 N–H and O–H groups in total. The molecule has 3 nitrogen and oxygen atoms in total. The van der Waals surface area contributed by atoms with E-state index in [9.17, 15) is 9.18 Å². The second-order valence-corrected chi connectivity index (χ2v) is 8.17. The van der Waals surface area contributed by atoms with Crippen molar-refractivity contribution in [1.82, 2.24) is 4.90 Å². The first-order chi connectivity index (χ1) is 15.1. The zero-order valence-corrected chi connectivity index (χ0v) is 18.2. The number of amides is 1. The van der Waals surface area contributed by atoms with Crippen LogP contribution in [0.2, 0.25) is 0 Å². The molecule has 0 bridgehead atoms. The molecule has 1 heterocycles. The van der Waals surface area contributed by atoms with E-state index in [-0.39, 0.29) is 11.7 Å². The second kappa shape index (κ2) is 9.92. The number of hydrogen-bond donors (Lipinski definition) is 1. The molecule has 0 unspecified atom stereocenters. The lowest BCUT2D eigenvalue weighted by Crippen LogP contribution is -2.35. The molecule has 0 radical (unpaired) electrons. The van der Waals surface area contributed by atoms with Crippen LogP contribution in [0, 0.1) is 5.82 Å². The quantitative estimate of drug-likeness (QED) is 0.446. The van der Waals surface area contributed by atoms with Gasteiger partial charge in [-0.2, -0.15) is 0 Å². The van der Waals surface area contributed by atoms with Gasteiger partial charge in [-0.3, -0.25) is 4.79 Å². The zero-order valence-electron chi connectivity index (χ0n) is 17.3. The van der Waals surface area contributed by atoms with Crippen molar-refractivity contribution in [3.8, 4) is 0 Å². The standard InChI is InChI=1S/C26H25FN2OS/c27-22-13-7-6-12-21(22)25(19-10-4-1-2-5-11-19)28-23-18-20(14-15-24(23)31)26(30)29-16-8-3-9-17-29/h1,4-7,10-15,18,31H,2-3,8-9,16-17H2. The largest absolute Gasteiger partial charge is 0.339 e. The lowest BCUT2D eigenvalue weighted by Gasteiger charge is -2.26. The van der Waals surface area contributed by atoms with Gasteiger partial charge in [-0.05, 0) is 56.0 Å². The maximum absolute atomic E-state index is 14.7. The third kappa shape index (κ3) is 5.05. The summed E-state index contributed by atoms with van der Waals surface area (Å²) in [4.78, 5) is 20.3. The van der Waals surface area contributed by atoms with E-state index in [4.69, 9.17) is 4.99 Å². The number of carbonyl (C=O) groups is 1. The minimum atomic E-state index is -0.343. The highest BCUT2D eigenvalue weighted by Gasteiger charge is 2.20. The van der Waals surface area contributed by atoms with Crippen LogP contribution in [0.1, 0.15) is 41.6 Å². The number of hydrogen-bond acceptors (Lipinski definition) is 3. The molecule has 0 saturated carbocycles. The molecule has 158 valence electrons. The summed E-state index contributed by atoms with van der Waals surface area (Å²) >= 11 is 4.56. The number of halogens is 1. The number of carbonyl (C=O) groups excluding carboxylic acids is 1. The Bertz CT molecular complexity index is 1090. The molecule has 5 heteroatoms. The highest BCUT2D eigenvalue weighted by atomic mass is 32.1. The summed E-state index contributed by atoms with van der Waals surface area (Å²) in [5, 5.41) is 0. The molecule has 0 spiro atoms. The van der Waals surface area contributed by atoms with E-state index in [0.29, 0.717) is 27.4 Å². The third-order valence-corrected chi connectivity index (χ3v) is 5.86. The van der Waals surface area contributed by atoms with Gasteiger partial charge in [0.05, 0.1) is 11.4 Å². The van der Waals surface area contributed by atoms with Crippen molar-refractivity contribution in [2.24, 2.45) is 4.99 Å². The first-order valence-corrected chi connectivity index (χ1v) is 11.1. The number of thiol groups is 1. The SMILES string of the molecule is O=C(c1ccc(S)c(N=C(C2=CC=CCC=C2)c2ccccc2F)c1)N1CCCCC1. The lowest BCUT2D eigenvalue weighted by molar-refractivity contribution is 0.0724. The van der Waals surface area contributed by atoms with Gasteiger partial charge in [-0.1, -0.05) is 42.5 Å². The Morgan fingerprint density at radius 1 is 1.03 bits per heavy atom. The highest BCUT2D eigenvalue weighted by molar-refractivity contribution is 7.80. The summed E-state index contributed by atoms with van der Waals surface area (Å²) in [6.07, 6.45) is 13.9. The number of piperidine rings is 1. The summed E-state index contributed by atoms with van der Waals surface area (Å²) < 4.78 is 14.7. The molecule has 2 aliphatic rings. The first kappa shape index (κ1) is 21.3. The smallest absolute Gasteiger partial charge is 0.253 e. The Morgan fingerprint density at radius 2 is 1.84 bits per heavy atom. The normalized spacial score (nSPS) is 16.8. The summed E-state index contributed by atoms with van der Waals surface area (Å²) in [6, 6.07) is 11.9. The maximum Gasteiger partial charge on any atom is 0.253 e. The second-order valence-electron chi connectivity index (χ2n) is 7.68. The van der Waals surface area contributed by atoms with Crippen molar-refractivity contribution in [3.05, 3.63) is 95.4 Å². The molecule has 4 rings (SSSR count). The van der Waals surface area contributed by atoms with Gasteiger partial charge in [0.25, 0.3) is 5.91 Å². The van der Waals surface area contributed by atoms with Crippen LogP contribution in [-0.2, 0) is 0 Å². The third-order valence-electron chi connectivity index (χ3n) is 5.48. The van der Waals surface area contributed by atoms with Crippen LogP contribution < -0.4 is 0 Å². The lowest BCUT2D eigenvalue weighted by atomic mass is 10.0. The van der Waals surface area contributed by atoms with Crippen LogP contribution in [0.25, 0.3) is 0 Å². The monoisotopic (exact) mass is 432 g/mol. The van der Waals surface area contributed by atoms with E-state index in [2.05, 4.69) is 12.6 Å². The van der Waals surface area contributed by atoms with Gasteiger partial charge < -0.3 is 4.90 Å².